The molecule has 2 amide bonds. The van der Waals surface area contributed by atoms with Gasteiger partial charge in [0.15, 0.2) is 0 Å². The lowest BCUT2D eigenvalue weighted by atomic mass is 9.72. The Morgan fingerprint density at radius 1 is 0.696 bits per heavy atom. The van der Waals surface area contributed by atoms with Crippen molar-refractivity contribution in [3.05, 3.63) is 84.4 Å². The van der Waals surface area contributed by atoms with Crippen molar-refractivity contribution in [3.63, 3.8) is 0 Å². The molecule has 2 atom stereocenters. The zero-order valence-corrected chi connectivity index (χ0v) is 35.3. The van der Waals surface area contributed by atoms with Crippen molar-refractivity contribution in [3.8, 4) is 0 Å². The molecule has 2 unspecified atom stereocenters. The van der Waals surface area contributed by atoms with Crippen LogP contribution in [-0.4, -0.2) is 63.2 Å². The highest BCUT2D eigenvalue weighted by Crippen LogP contribution is 2.37. The summed E-state index contributed by atoms with van der Waals surface area (Å²) in [7, 11) is 0. The van der Waals surface area contributed by atoms with Crippen LogP contribution in [0.4, 0.5) is 0 Å². The molecule has 8 heteroatoms. The number of nitrogens with one attached hydrogen (secondary N) is 2. The van der Waals surface area contributed by atoms with Gasteiger partial charge in [-0.3, -0.25) is 14.3 Å². The Bertz CT molecular complexity index is 1420. The number of rotatable bonds is 30. The molecule has 310 valence electrons. The Labute approximate surface area is 340 Å². The van der Waals surface area contributed by atoms with E-state index in [0.717, 1.165) is 31.4 Å². The van der Waals surface area contributed by atoms with E-state index in [-0.39, 0.29) is 23.3 Å². The summed E-state index contributed by atoms with van der Waals surface area (Å²) in [5.74, 6) is -0.125. The Hall–Kier alpha value is -3.52. The maximum Gasteiger partial charge on any atom is 0.245 e. The molecule has 0 radical (unpaired) electrons. The molecule has 2 N–H and O–H groups in total. The summed E-state index contributed by atoms with van der Waals surface area (Å²) in [5.41, 5.74) is 2.16. The minimum atomic E-state index is -0.617. The van der Waals surface area contributed by atoms with E-state index in [1.807, 2.05) is 52.9 Å². The van der Waals surface area contributed by atoms with Crippen molar-refractivity contribution in [2.24, 2.45) is 0 Å². The number of nitrogens with zero attached hydrogens (tertiary/aromatic N) is 4. The normalized spacial score (nSPS) is 15.1. The highest BCUT2D eigenvalue weighted by molar-refractivity contribution is 5.90. The maximum absolute atomic E-state index is 14.1. The van der Waals surface area contributed by atoms with Gasteiger partial charge in [-0.2, -0.15) is 5.10 Å². The number of likely N-dealkylation sites (tertiary alicyclic amines) is 1. The smallest absolute Gasteiger partial charge is 0.245 e. The van der Waals surface area contributed by atoms with Gasteiger partial charge in [0, 0.05) is 24.9 Å². The minimum Gasteiger partial charge on any atom is -0.343 e. The van der Waals surface area contributed by atoms with E-state index in [9.17, 15) is 9.59 Å². The fourth-order valence-corrected chi connectivity index (χ4v) is 8.47. The molecule has 3 aromatic rings. The zero-order valence-electron chi connectivity index (χ0n) is 35.3. The summed E-state index contributed by atoms with van der Waals surface area (Å²) in [5, 5.41) is 11.0. The van der Waals surface area contributed by atoms with Gasteiger partial charge >= 0.3 is 0 Å². The van der Waals surface area contributed by atoms with Gasteiger partial charge in [0.25, 0.3) is 0 Å². The molecular formula is C48H76N6O2. The molecule has 8 nitrogen and oxygen atoms in total. The van der Waals surface area contributed by atoms with Gasteiger partial charge in [0.05, 0.1) is 12.6 Å². The summed E-state index contributed by atoms with van der Waals surface area (Å²) in [4.78, 5) is 33.7. The van der Waals surface area contributed by atoms with Crippen molar-refractivity contribution >= 4 is 11.8 Å². The van der Waals surface area contributed by atoms with Gasteiger partial charge in [-0.05, 0) is 43.9 Å². The molecule has 0 bridgehead atoms. The molecule has 2 heterocycles. The van der Waals surface area contributed by atoms with E-state index in [4.69, 9.17) is 0 Å². The molecule has 0 aliphatic carbocycles. The lowest BCUT2D eigenvalue weighted by molar-refractivity contribution is -0.138. The first kappa shape index (κ1) is 45.2. The third-order valence-corrected chi connectivity index (χ3v) is 12.1. The second-order valence-corrected chi connectivity index (χ2v) is 16.7. The van der Waals surface area contributed by atoms with Gasteiger partial charge in [-0.1, -0.05) is 190 Å². The zero-order chi connectivity index (χ0) is 39.5. The average molecular weight is 769 g/mol. The number of hydrogen-bond donors (Lipinski definition) is 2. The highest BCUT2D eigenvalue weighted by Gasteiger charge is 2.39. The number of aromatic nitrogens is 3. The number of carbonyl (C=O) groups excluding carboxylic acids is 2. The van der Waals surface area contributed by atoms with Gasteiger partial charge < -0.3 is 15.5 Å². The number of unbranched alkanes of at least 4 members (excludes halogenated alkanes) is 19. The second-order valence-electron chi connectivity index (χ2n) is 16.7. The highest BCUT2D eigenvalue weighted by atomic mass is 16.2. The van der Waals surface area contributed by atoms with Crippen molar-refractivity contribution < 1.29 is 9.59 Å². The van der Waals surface area contributed by atoms with Crippen molar-refractivity contribution in [2.75, 3.05) is 19.6 Å². The monoisotopic (exact) mass is 769 g/mol. The molecule has 4 rings (SSSR count). The van der Waals surface area contributed by atoms with Crippen LogP contribution in [0.1, 0.15) is 166 Å². The molecular weight excluding hydrogens is 693 g/mol. The first-order valence-corrected chi connectivity index (χ1v) is 22.7. The molecule has 0 saturated carbocycles. The fraction of sp³-hybridized carbons (Fsp3) is 0.667. The molecule has 0 spiro atoms. The van der Waals surface area contributed by atoms with Crippen molar-refractivity contribution in [1.29, 1.82) is 0 Å². The number of benzene rings is 2. The summed E-state index contributed by atoms with van der Waals surface area (Å²) >= 11 is 0. The van der Waals surface area contributed by atoms with Crippen LogP contribution >= 0.6 is 0 Å². The molecule has 1 aliphatic heterocycles. The van der Waals surface area contributed by atoms with Gasteiger partial charge in [0.2, 0.25) is 11.8 Å². The van der Waals surface area contributed by atoms with Crippen LogP contribution in [0.3, 0.4) is 0 Å². The van der Waals surface area contributed by atoms with Crippen molar-refractivity contribution in [2.45, 2.75) is 186 Å². The first-order valence-electron chi connectivity index (χ1n) is 22.7. The molecule has 1 aromatic heterocycles. The van der Waals surface area contributed by atoms with Crippen molar-refractivity contribution in [1.82, 2.24) is 30.3 Å². The van der Waals surface area contributed by atoms with Crippen LogP contribution in [0.2, 0.25) is 0 Å². The Morgan fingerprint density at radius 2 is 1.20 bits per heavy atom. The molecule has 1 saturated heterocycles. The maximum atomic E-state index is 14.1. The fourth-order valence-electron chi connectivity index (χ4n) is 8.47. The van der Waals surface area contributed by atoms with Gasteiger partial charge in [0.1, 0.15) is 18.7 Å². The van der Waals surface area contributed by atoms with E-state index in [0.29, 0.717) is 26.1 Å². The summed E-state index contributed by atoms with van der Waals surface area (Å²) in [6.45, 7) is 6.97. The number of amides is 2. The van der Waals surface area contributed by atoms with Crippen LogP contribution < -0.4 is 10.6 Å². The lowest BCUT2D eigenvalue weighted by Gasteiger charge is -2.43. The first-order chi connectivity index (χ1) is 27.5. The average Bonchev–Trinajstić information content (AvgIpc) is 3.74. The topological polar surface area (TPSA) is 92.2 Å². The number of piperidine rings is 1. The largest absolute Gasteiger partial charge is 0.343 e. The molecule has 2 aromatic carbocycles. The lowest BCUT2D eigenvalue weighted by Crippen LogP contribution is -2.56. The Balaban J connectivity index is 1.09. The van der Waals surface area contributed by atoms with Crippen LogP contribution in [-0.2, 0) is 28.0 Å². The second kappa shape index (κ2) is 27.2. The summed E-state index contributed by atoms with van der Waals surface area (Å²) < 4.78 is 1.90. The molecule has 1 aliphatic rings. The third-order valence-electron chi connectivity index (χ3n) is 12.1. The summed E-state index contributed by atoms with van der Waals surface area (Å²) in [6, 6.07) is 19.6. The number of carbonyl (C=O) groups is 2. The van der Waals surface area contributed by atoms with Crippen LogP contribution in [0.5, 0.6) is 0 Å². The summed E-state index contributed by atoms with van der Waals surface area (Å²) in [6.07, 6.45) is 32.8. The quantitative estimate of drug-likeness (QED) is 0.0659. The van der Waals surface area contributed by atoms with Gasteiger partial charge in [-0.15, -0.1) is 0 Å². The van der Waals surface area contributed by atoms with E-state index < -0.39 is 6.04 Å². The SMILES string of the molecule is CCCCCCCCCCCCCCCCCCCCCCNC(C)C(=O)NC(Cc1ccccc1)C(=O)N1CCC(Cn2cncn2)(c2ccccc2)CC1. The van der Waals surface area contributed by atoms with E-state index >= 15 is 0 Å². The standard InChI is InChI=1S/C48H76N6O2/c1-3-4-5-6-7-8-9-10-11-12-13-14-15-16-17-18-19-20-21-28-35-50-42(2)46(55)52-45(38-43-29-24-22-25-30-43)47(56)53-36-33-48(34-37-53,39-54-41-49-40-51-54)44-31-26-23-27-32-44/h22-27,29-32,40-42,45,50H,3-21,28,33-39H2,1-2H3,(H,52,55). The molecule has 56 heavy (non-hydrogen) atoms. The Kier molecular flexibility index (Phi) is 21.9. The van der Waals surface area contributed by atoms with Crippen LogP contribution in [0.15, 0.2) is 73.3 Å². The van der Waals surface area contributed by atoms with E-state index in [2.05, 4.69) is 51.9 Å². The van der Waals surface area contributed by atoms with E-state index in [1.165, 1.54) is 128 Å². The van der Waals surface area contributed by atoms with Gasteiger partial charge in [-0.25, -0.2) is 4.98 Å². The predicted molar refractivity (Wildman–Crippen MR) is 232 cm³/mol. The number of hydrogen-bond acceptors (Lipinski definition) is 5. The van der Waals surface area contributed by atoms with Crippen LogP contribution in [0, 0.1) is 0 Å². The predicted octanol–water partition coefficient (Wildman–Crippen LogP) is 10.4. The minimum absolute atomic E-state index is 0.00842. The molecule has 1 fully saturated rings. The Morgan fingerprint density at radius 3 is 1.70 bits per heavy atom. The van der Waals surface area contributed by atoms with E-state index in [1.54, 1.807) is 12.7 Å². The van der Waals surface area contributed by atoms with Crippen LogP contribution in [0.25, 0.3) is 0 Å². The third kappa shape index (κ3) is 16.9.